The van der Waals surface area contributed by atoms with Crippen LogP contribution in [-0.4, -0.2) is 12.8 Å². The molecule has 0 bridgehead atoms. The van der Waals surface area contributed by atoms with Gasteiger partial charge in [-0.05, 0) is 0 Å². The van der Waals surface area contributed by atoms with Gasteiger partial charge in [0.05, 0.1) is 13.1 Å². The Balaban J connectivity index is 3.15. The van der Waals surface area contributed by atoms with Crippen molar-refractivity contribution in [2.75, 3.05) is 6.67 Å². The van der Waals surface area contributed by atoms with E-state index >= 15 is 0 Å². The van der Waals surface area contributed by atoms with Gasteiger partial charge in [0.2, 0.25) is 0 Å². The lowest BCUT2D eigenvalue weighted by atomic mass is 10.4. The van der Waals surface area contributed by atoms with Crippen LogP contribution >= 0.6 is 0 Å². The second kappa shape index (κ2) is 2.16. The highest BCUT2D eigenvalue weighted by Gasteiger charge is 2.25. The zero-order chi connectivity index (χ0) is 5.91. The minimum atomic E-state index is -4.07. The molecule has 0 aliphatic rings. The fourth-order valence-electron chi connectivity index (χ4n) is 0.110. The first-order valence-corrected chi connectivity index (χ1v) is 1.70. The van der Waals surface area contributed by atoms with E-state index < -0.39 is 19.2 Å². The van der Waals surface area contributed by atoms with Crippen LogP contribution in [0.1, 0.15) is 6.42 Å². The normalized spacial score (nSPS) is 12.0. The predicted molar refractivity (Wildman–Crippen MR) is 16.2 cm³/mol. The molecule has 7 heavy (non-hydrogen) atoms. The molecule has 0 atom stereocenters. The lowest BCUT2D eigenvalue weighted by molar-refractivity contribution is -0.246. The summed E-state index contributed by atoms with van der Waals surface area (Å²) in [5.74, 6) is 0. The van der Waals surface area contributed by atoms with E-state index in [1.807, 2.05) is 0 Å². The average Bonchev–Trinajstić information content (AvgIpc) is 1.30. The Morgan fingerprint density at radius 1 is 1.43 bits per heavy atom. The van der Waals surface area contributed by atoms with Gasteiger partial charge in [-0.25, -0.2) is 0 Å². The highest BCUT2D eigenvalue weighted by Crippen LogP contribution is 2.13. The Kier molecular flexibility index (Phi) is 2.08. The standard InChI is InChI=1S/C3H4F3O/c4-2-1-3(5,6)7/h1-2H2. The zero-order valence-electron chi connectivity index (χ0n) is 3.46. The smallest absolute Gasteiger partial charge is 0.251 e. The number of rotatable bonds is 2. The molecule has 1 radical (unpaired) electrons. The van der Waals surface area contributed by atoms with Crippen molar-refractivity contribution in [1.29, 1.82) is 0 Å². The van der Waals surface area contributed by atoms with E-state index in [4.69, 9.17) is 5.11 Å². The Morgan fingerprint density at radius 2 is 1.86 bits per heavy atom. The summed E-state index contributed by atoms with van der Waals surface area (Å²) in [4.78, 5) is 0. The first-order chi connectivity index (χ1) is 3.06. The molecule has 0 rings (SSSR count). The van der Waals surface area contributed by atoms with Gasteiger partial charge in [0.25, 0.3) is 0 Å². The molecule has 0 saturated carbocycles. The summed E-state index contributed by atoms with van der Waals surface area (Å²) in [6, 6.07) is 0. The summed E-state index contributed by atoms with van der Waals surface area (Å²) in [7, 11) is 0. The number of hydrogen-bond acceptors (Lipinski definition) is 0. The molecule has 0 aromatic rings. The van der Waals surface area contributed by atoms with Crippen LogP contribution in [0.5, 0.6) is 0 Å². The third-order valence-electron chi connectivity index (χ3n) is 0.386. The second-order valence-corrected chi connectivity index (χ2v) is 1.08. The molecule has 1 nitrogen and oxygen atoms in total. The van der Waals surface area contributed by atoms with E-state index in [9.17, 15) is 13.2 Å². The van der Waals surface area contributed by atoms with Crippen molar-refractivity contribution >= 4 is 0 Å². The SMILES string of the molecule is [O]C(F)(F)CCF. The van der Waals surface area contributed by atoms with Crippen LogP contribution in [-0.2, 0) is 5.11 Å². The van der Waals surface area contributed by atoms with Gasteiger partial charge in [-0.3, -0.25) is 4.39 Å². The van der Waals surface area contributed by atoms with Crippen LogP contribution in [0, 0.1) is 0 Å². The average molecular weight is 113 g/mol. The topological polar surface area (TPSA) is 19.9 Å². The van der Waals surface area contributed by atoms with Gasteiger partial charge >= 0.3 is 6.11 Å². The third-order valence-corrected chi connectivity index (χ3v) is 0.386. The maximum Gasteiger partial charge on any atom is 0.383 e. The number of halogens is 3. The fraction of sp³-hybridized carbons (Fsp3) is 1.00. The van der Waals surface area contributed by atoms with Gasteiger partial charge in [-0.15, -0.1) is 0 Å². The largest absolute Gasteiger partial charge is 0.383 e. The summed E-state index contributed by atoms with van der Waals surface area (Å²) in [6.07, 6.45) is -5.29. The summed E-state index contributed by atoms with van der Waals surface area (Å²) < 4.78 is 32.7. The van der Waals surface area contributed by atoms with E-state index in [0.29, 0.717) is 0 Å². The summed E-state index contributed by atoms with van der Waals surface area (Å²) in [5, 5.41) is 9.13. The molecule has 0 N–H and O–H groups in total. The lowest BCUT2D eigenvalue weighted by Gasteiger charge is -1.98. The number of alkyl halides is 3. The summed E-state index contributed by atoms with van der Waals surface area (Å²) >= 11 is 0. The van der Waals surface area contributed by atoms with Gasteiger partial charge in [0, 0.05) is 0 Å². The maximum absolute atomic E-state index is 10.9. The van der Waals surface area contributed by atoms with Crippen molar-refractivity contribution in [2.24, 2.45) is 0 Å². The number of hydrogen-bond donors (Lipinski definition) is 0. The van der Waals surface area contributed by atoms with E-state index in [1.54, 1.807) is 0 Å². The molecule has 43 valence electrons. The molecular weight excluding hydrogens is 109 g/mol. The third kappa shape index (κ3) is 5.75. The molecule has 0 unspecified atom stereocenters. The quantitative estimate of drug-likeness (QED) is 0.515. The van der Waals surface area contributed by atoms with Crippen molar-refractivity contribution in [2.45, 2.75) is 12.5 Å². The molecule has 0 heterocycles. The van der Waals surface area contributed by atoms with Gasteiger partial charge in [-0.2, -0.15) is 13.9 Å². The fourth-order valence-corrected chi connectivity index (χ4v) is 0.110. The monoisotopic (exact) mass is 113 g/mol. The Morgan fingerprint density at radius 3 is 1.86 bits per heavy atom. The van der Waals surface area contributed by atoms with Crippen LogP contribution in [0.25, 0.3) is 0 Å². The molecule has 0 saturated heterocycles. The van der Waals surface area contributed by atoms with Crippen molar-refractivity contribution in [3.05, 3.63) is 0 Å². The molecule has 0 aromatic heterocycles. The maximum atomic E-state index is 10.9. The molecular formula is C3H4F3O. The van der Waals surface area contributed by atoms with Crippen LogP contribution in [0.4, 0.5) is 13.2 Å². The van der Waals surface area contributed by atoms with Crippen molar-refractivity contribution in [1.82, 2.24) is 0 Å². The van der Waals surface area contributed by atoms with Crippen LogP contribution in [0.3, 0.4) is 0 Å². The second-order valence-electron chi connectivity index (χ2n) is 1.08. The van der Waals surface area contributed by atoms with Crippen molar-refractivity contribution in [3.63, 3.8) is 0 Å². The van der Waals surface area contributed by atoms with Crippen LogP contribution in [0.15, 0.2) is 0 Å². The molecule has 0 aliphatic carbocycles. The summed E-state index contributed by atoms with van der Waals surface area (Å²) in [6.45, 7) is -1.25. The first kappa shape index (κ1) is 6.75. The minimum absolute atomic E-state index is 1.22. The van der Waals surface area contributed by atoms with Gasteiger partial charge in [0.15, 0.2) is 0 Å². The Bertz CT molecular complexity index is 48.6. The Hall–Kier alpha value is -0.250. The van der Waals surface area contributed by atoms with Crippen LogP contribution in [0.2, 0.25) is 0 Å². The molecule has 4 heteroatoms. The molecule has 0 fully saturated rings. The zero-order valence-corrected chi connectivity index (χ0v) is 3.46. The predicted octanol–water partition coefficient (Wildman–Crippen LogP) is 1.37. The van der Waals surface area contributed by atoms with Crippen LogP contribution < -0.4 is 0 Å². The molecule has 0 aliphatic heterocycles. The van der Waals surface area contributed by atoms with Gasteiger partial charge < -0.3 is 0 Å². The first-order valence-electron chi connectivity index (χ1n) is 1.70. The highest BCUT2D eigenvalue weighted by molar-refractivity contribution is 4.43. The van der Waals surface area contributed by atoms with Gasteiger partial charge in [-0.1, -0.05) is 0 Å². The van der Waals surface area contributed by atoms with E-state index in [2.05, 4.69) is 0 Å². The summed E-state index contributed by atoms with van der Waals surface area (Å²) in [5.41, 5.74) is 0. The molecule has 0 aromatic carbocycles. The minimum Gasteiger partial charge on any atom is -0.251 e. The molecule has 0 amide bonds. The molecule has 0 spiro atoms. The highest BCUT2D eigenvalue weighted by atomic mass is 19.3. The van der Waals surface area contributed by atoms with E-state index in [1.165, 1.54) is 0 Å². The van der Waals surface area contributed by atoms with Gasteiger partial charge in [0.1, 0.15) is 0 Å². The van der Waals surface area contributed by atoms with E-state index in [0.717, 1.165) is 0 Å². The van der Waals surface area contributed by atoms with Crippen molar-refractivity contribution in [3.8, 4) is 0 Å². The lowest BCUT2D eigenvalue weighted by Crippen LogP contribution is -2.12. The van der Waals surface area contributed by atoms with Crippen molar-refractivity contribution < 1.29 is 18.3 Å². The Labute approximate surface area is 38.8 Å². The van der Waals surface area contributed by atoms with E-state index in [-0.39, 0.29) is 0 Å².